The molecular formula is C12H17FN2O2S. The molecule has 1 aromatic carbocycles. The minimum atomic E-state index is -3.73. The number of anilines is 1. The second kappa shape index (κ2) is 4.51. The first-order chi connectivity index (χ1) is 8.38. The number of hydrogen-bond acceptors (Lipinski definition) is 3. The van der Waals surface area contributed by atoms with Crippen molar-refractivity contribution in [1.82, 2.24) is 4.72 Å². The molecular weight excluding hydrogens is 255 g/mol. The number of hydrogen-bond donors (Lipinski definition) is 2. The van der Waals surface area contributed by atoms with Gasteiger partial charge in [0.05, 0.1) is 5.69 Å². The number of rotatable bonds is 5. The second-order valence-corrected chi connectivity index (χ2v) is 6.60. The van der Waals surface area contributed by atoms with Crippen LogP contribution in [0, 0.1) is 11.2 Å². The van der Waals surface area contributed by atoms with Crippen molar-refractivity contribution < 1.29 is 12.8 Å². The largest absolute Gasteiger partial charge is 0.398 e. The number of nitrogens with one attached hydrogen (secondary N) is 1. The van der Waals surface area contributed by atoms with E-state index in [0.29, 0.717) is 6.54 Å². The van der Waals surface area contributed by atoms with E-state index >= 15 is 0 Å². The van der Waals surface area contributed by atoms with Gasteiger partial charge in [-0.2, -0.15) is 0 Å². The molecule has 6 heteroatoms. The predicted octanol–water partition coefficient (Wildman–Crippen LogP) is 1.88. The zero-order valence-corrected chi connectivity index (χ0v) is 11.1. The molecule has 4 nitrogen and oxygen atoms in total. The fourth-order valence-electron chi connectivity index (χ4n) is 1.90. The molecule has 0 aromatic heterocycles. The Morgan fingerprint density at radius 1 is 1.44 bits per heavy atom. The lowest BCUT2D eigenvalue weighted by Gasteiger charge is -2.14. The van der Waals surface area contributed by atoms with E-state index in [1.54, 1.807) is 0 Å². The van der Waals surface area contributed by atoms with E-state index in [1.165, 1.54) is 6.07 Å². The van der Waals surface area contributed by atoms with Crippen LogP contribution in [0.5, 0.6) is 0 Å². The van der Waals surface area contributed by atoms with Crippen LogP contribution >= 0.6 is 0 Å². The molecule has 1 aliphatic carbocycles. The van der Waals surface area contributed by atoms with Gasteiger partial charge in [-0.15, -0.1) is 0 Å². The number of benzene rings is 1. The molecule has 0 atom stereocenters. The molecule has 0 bridgehead atoms. The third-order valence-corrected chi connectivity index (χ3v) is 5.07. The van der Waals surface area contributed by atoms with Crippen LogP contribution in [-0.2, 0) is 10.0 Å². The van der Waals surface area contributed by atoms with Crippen molar-refractivity contribution in [3.8, 4) is 0 Å². The summed E-state index contributed by atoms with van der Waals surface area (Å²) in [5, 5.41) is 0. The van der Waals surface area contributed by atoms with Gasteiger partial charge in [0.2, 0.25) is 10.0 Å². The lowest BCUT2D eigenvalue weighted by atomic mass is 10.1. The SMILES string of the molecule is CCC1(CNS(=O)(=O)c2cc(F)ccc2N)CC1. The van der Waals surface area contributed by atoms with Crippen LogP contribution < -0.4 is 10.5 Å². The molecule has 1 aliphatic rings. The van der Waals surface area contributed by atoms with Crippen molar-refractivity contribution in [3.05, 3.63) is 24.0 Å². The summed E-state index contributed by atoms with van der Waals surface area (Å²) >= 11 is 0. The van der Waals surface area contributed by atoms with Crippen molar-refractivity contribution >= 4 is 15.7 Å². The van der Waals surface area contributed by atoms with E-state index in [2.05, 4.69) is 4.72 Å². The van der Waals surface area contributed by atoms with Gasteiger partial charge in [0.15, 0.2) is 0 Å². The minimum Gasteiger partial charge on any atom is -0.398 e. The summed E-state index contributed by atoms with van der Waals surface area (Å²) in [5.74, 6) is -0.610. The number of sulfonamides is 1. The molecule has 1 saturated carbocycles. The fourth-order valence-corrected chi connectivity index (χ4v) is 3.20. The maximum Gasteiger partial charge on any atom is 0.242 e. The zero-order valence-electron chi connectivity index (χ0n) is 10.2. The average molecular weight is 272 g/mol. The lowest BCUT2D eigenvalue weighted by molar-refractivity contribution is 0.475. The first-order valence-corrected chi connectivity index (χ1v) is 7.42. The first-order valence-electron chi connectivity index (χ1n) is 5.93. The van der Waals surface area contributed by atoms with Crippen molar-refractivity contribution in [2.24, 2.45) is 5.41 Å². The molecule has 0 amide bonds. The lowest BCUT2D eigenvalue weighted by Crippen LogP contribution is -2.30. The van der Waals surface area contributed by atoms with Crippen molar-refractivity contribution in [2.75, 3.05) is 12.3 Å². The van der Waals surface area contributed by atoms with Gasteiger partial charge in [-0.3, -0.25) is 0 Å². The van der Waals surface area contributed by atoms with E-state index in [4.69, 9.17) is 5.73 Å². The van der Waals surface area contributed by atoms with E-state index in [9.17, 15) is 12.8 Å². The summed E-state index contributed by atoms with van der Waals surface area (Å²) < 4.78 is 39.7. The minimum absolute atomic E-state index is 0.0604. The maximum atomic E-state index is 13.1. The van der Waals surface area contributed by atoms with Gasteiger partial charge in [-0.05, 0) is 42.9 Å². The van der Waals surface area contributed by atoms with Gasteiger partial charge in [0.25, 0.3) is 0 Å². The number of nitrogen functional groups attached to an aromatic ring is 1. The third kappa shape index (κ3) is 2.64. The molecule has 100 valence electrons. The molecule has 1 aromatic rings. The van der Waals surface area contributed by atoms with Crippen molar-refractivity contribution in [1.29, 1.82) is 0 Å². The quantitative estimate of drug-likeness (QED) is 0.804. The van der Waals surface area contributed by atoms with Gasteiger partial charge >= 0.3 is 0 Å². The Hall–Kier alpha value is -1.14. The van der Waals surface area contributed by atoms with Gasteiger partial charge in [-0.1, -0.05) is 6.92 Å². The third-order valence-electron chi connectivity index (χ3n) is 3.61. The molecule has 0 spiro atoms. The van der Waals surface area contributed by atoms with Crippen molar-refractivity contribution in [2.45, 2.75) is 31.1 Å². The summed E-state index contributed by atoms with van der Waals surface area (Å²) in [6.45, 7) is 2.43. The standard InChI is InChI=1S/C12H17FN2O2S/c1-2-12(5-6-12)8-15-18(16,17)11-7-9(13)3-4-10(11)14/h3-4,7,15H,2,5-6,8,14H2,1H3. The van der Waals surface area contributed by atoms with Crippen LogP contribution in [0.2, 0.25) is 0 Å². The molecule has 0 unspecified atom stereocenters. The normalized spacial score (nSPS) is 17.7. The monoisotopic (exact) mass is 272 g/mol. The van der Waals surface area contributed by atoms with Gasteiger partial charge < -0.3 is 5.73 Å². The molecule has 1 fully saturated rings. The molecule has 3 N–H and O–H groups in total. The van der Waals surface area contributed by atoms with Crippen molar-refractivity contribution in [3.63, 3.8) is 0 Å². The van der Waals surface area contributed by atoms with Crippen LogP contribution in [0.15, 0.2) is 23.1 Å². The Balaban J connectivity index is 2.18. The summed E-state index contributed by atoms with van der Waals surface area (Å²) in [4.78, 5) is -0.186. The highest BCUT2D eigenvalue weighted by atomic mass is 32.2. The number of nitrogens with two attached hydrogens (primary N) is 1. The fraction of sp³-hybridized carbons (Fsp3) is 0.500. The smallest absolute Gasteiger partial charge is 0.242 e. The van der Waals surface area contributed by atoms with Crippen LogP contribution in [0.4, 0.5) is 10.1 Å². The highest BCUT2D eigenvalue weighted by molar-refractivity contribution is 7.89. The maximum absolute atomic E-state index is 13.1. The van der Waals surface area contributed by atoms with E-state index < -0.39 is 15.8 Å². The summed E-state index contributed by atoms with van der Waals surface area (Å²) in [6, 6.07) is 3.35. The van der Waals surface area contributed by atoms with Gasteiger partial charge in [0.1, 0.15) is 10.7 Å². The van der Waals surface area contributed by atoms with Gasteiger partial charge in [0, 0.05) is 6.54 Å². The summed E-state index contributed by atoms with van der Waals surface area (Å²) in [7, 11) is -3.73. The Labute approximate surface area is 106 Å². The van der Waals surface area contributed by atoms with E-state index in [1.807, 2.05) is 6.92 Å². The Morgan fingerprint density at radius 3 is 2.67 bits per heavy atom. The summed E-state index contributed by atoms with van der Waals surface area (Å²) in [6.07, 6.45) is 3.00. The Bertz CT molecular complexity index is 553. The molecule has 0 heterocycles. The molecule has 0 saturated heterocycles. The molecule has 2 rings (SSSR count). The Morgan fingerprint density at radius 2 is 2.11 bits per heavy atom. The zero-order chi connectivity index (χ0) is 13.4. The second-order valence-electron chi connectivity index (χ2n) is 4.86. The Kier molecular flexibility index (Phi) is 3.33. The molecule has 0 aliphatic heterocycles. The average Bonchev–Trinajstić information content (AvgIpc) is 3.11. The summed E-state index contributed by atoms with van der Waals surface area (Å²) in [5.41, 5.74) is 5.73. The molecule has 0 radical (unpaired) electrons. The van der Waals surface area contributed by atoms with Crippen LogP contribution in [0.1, 0.15) is 26.2 Å². The molecule has 18 heavy (non-hydrogen) atoms. The van der Waals surface area contributed by atoms with Crippen LogP contribution in [0.25, 0.3) is 0 Å². The topological polar surface area (TPSA) is 72.2 Å². The first kappa shape index (κ1) is 13.3. The van der Waals surface area contributed by atoms with Crippen LogP contribution in [0.3, 0.4) is 0 Å². The predicted molar refractivity (Wildman–Crippen MR) is 68.0 cm³/mol. The van der Waals surface area contributed by atoms with E-state index in [-0.39, 0.29) is 16.0 Å². The highest BCUT2D eigenvalue weighted by Gasteiger charge is 2.41. The highest BCUT2D eigenvalue weighted by Crippen LogP contribution is 2.48. The van der Waals surface area contributed by atoms with Crippen LogP contribution in [-0.4, -0.2) is 15.0 Å². The van der Waals surface area contributed by atoms with Gasteiger partial charge in [-0.25, -0.2) is 17.5 Å². The number of halogens is 1. The van der Waals surface area contributed by atoms with E-state index in [0.717, 1.165) is 31.4 Å².